The van der Waals surface area contributed by atoms with Gasteiger partial charge in [-0.2, -0.15) is 5.26 Å². The van der Waals surface area contributed by atoms with E-state index in [2.05, 4.69) is 21.2 Å². The molecule has 0 radical (unpaired) electrons. The van der Waals surface area contributed by atoms with Gasteiger partial charge in [-0.1, -0.05) is 45.2 Å². The molecular weight excluding hydrogens is 366 g/mol. The van der Waals surface area contributed by atoms with Crippen LogP contribution in [0.3, 0.4) is 0 Å². The second-order valence-electron chi connectivity index (χ2n) is 4.02. The average molecular weight is 374 g/mol. The van der Waals surface area contributed by atoms with E-state index in [9.17, 15) is 4.39 Å². The predicted octanol–water partition coefficient (Wildman–Crippen LogP) is 5.38. The van der Waals surface area contributed by atoms with Gasteiger partial charge in [0.15, 0.2) is 0 Å². The monoisotopic (exact) mass is 372 g/mol. The van der Waals surface area contributed by atoms with E-state index in [1.54, 1.807) is 24.3 Å². The number of rotatable bonds is 3. The first kappa shape index (κ1) is 15.1. The van der Waals surface area contributed by atoms with Crippen LogP contribution in [0, 0.1) is 17.1 Å². The fourth-order valence-corrected chi connectivity index (χ4v) is 3.00. The molecule has 2 nitrogen and oxygen atoms in total. The van der Waals surface area contributed by atoms with Gasteiger partial charge < -0.3 is 5.32 Å². The molecule has 0 aliphatic heterocycles. The summed E-state index contributed by atoms with van der Waals surface area (Å²) in [5.74, 6) is -0.444. The van der Waals surface area contributed by atoms with Gasteiger partial charge in [-0.15, -0.1) is 0 Å². The lowest BCUT2D eigenvalue weighted by atomic mass is 10.1. The molecule has 0 amide bonds. The van der Waals surface area contributed by atoms with Crippen LogP contribution in [0.1, 0.15) is 11.1 Å². The van der Waals surface area contributed by atoms with Gasteiger partial charge in [0.05, 0.1) is 27.4 Å². The van der Waals surface area contributed by atoms with E-state index >= 15 is 0 Å². The highest BCUT2D eigenvalue weighted by molar-refractivity contribution is 9.10. The number of nitriles is 1. The smallest absolute Gasteiger partial charge is 0.129 e. The van der Waals surface area contributed by atoms with Crippen molar-refractivity contribution < 1.29 is 4.39 Å². The molecule has 6 heteroatoms. The van der Waals surface area contributed by atoms with Crippen molar-refractivity contribution in [1.29, 1.82) is 5.26 Å². The summed E-state index contributed by atoms with van der Waals surface area (Å²) in [5, 5.41) is 12.6. The molecule has 0 spiro atoms. The van der Waals surface area contributed by atoms with Crippen molar-refractivity contribution in [2.45, 2.75) is 6.54 Å². The summed E-state index contributed by atoms with van der Waals surface area (Å²) in [6, 6.07) is 9.60. The Kier molecular flexibility index (Phi) is 4.87. The van der Waals surface area contributed by atoms with Gasteiger partial charge in [-0.3, -0.25) is 0 Å². The minimum Gasteiger partial charge on any atom is -0.378 e. The predicted molar refractivity (Wildman–Crippen MR) is 82.6 cm³/mol. The van der Waals surface area contributed by atoms with E-state index < -0.39 is 5.82 Å². The maximum atomic E-state index is 13.7. The molecule has 0 heterocycles. The molecule has 102 valence electrons. The molecule has 0 aliphatic rings. The zero-order valence-electron chi connectivity index (χ0n) is 10.1. The molecule has 0 unspecified atom stereocenters. The molecule has 2 rings (SSSR count). The molecule has 2 aromatic carbocycles. The van der Waals surface area contributed by atoms with Crippen molar-refractivity contribution >= 4 is 44.8 Å². The largest absolute Gasteiger partial charge is 0.378 e. The van der Waals surface area contributed by atoms with Crippen LogP contribution in [-0.2, 0) is 6.54 Å². The zero-order valence-corrected chi connectivity index (χ0v) is 13.2. The number of nitrogens with one attached hydrogen (secondary N) is 1. The maximum absolute atomic E-state index is 13.7. The zero-order chi connectivity index (χ0) is 14.7. The van der Waals surface area contributed by atoms with Crippen molar-refractivity contribution in [1.82, 2.24) is 0 Å². The van der Waals surface area contributed by atoms with E-state index in [4.69, 9.17) is 28.5 Å². The Hall–Kier alpha value is -1.28. The van der Waals surface area contributed by atoms with Crippen molar-refractivity contribution in [2.24, 2.45) is 0 Å². The lowest BCUT2D eigenvalue weighted by molar-refractivity contribution is 0.612. The Morgan fingerprint density at radius 1 is 1.20 bits per heavy atom. The molecule has 0 saturated carbocycles. The Labute approximate surface area is 134 Å². The van der Waals surface area contributed by atoms with Gasteiger partial charge >= 0.3 is 0 Å². The lowest BCUT2D eigenvalue weighted by Crippen LogP contribution is -2.03. The van der Waals surface area contributed by atoms with Crippen LogP contribution in [0.15, 0.2) is 34.8 Å². The summed E-state index contributed by atoms with van der Waals surface area (Å²) in [4.78, 5) is 0. The number of hydrogen-bond donors (Lipinski definition) is 1. The summed E-state index contributed by atoms with van der Waals surface area (Å²) < 4.78 is 14.5. The number of anilines is 1. The highest BCUT2D eigenvalue weighted by atomic mass is 79.9. The number of nitrogens with zero attached hydrogens (tertiary/aromatic N) is 1. The SMILES string of the molecule is N#Cc1ccc(CNc2c(Cl)cc(Br)cc2Cl)c(F)c1. The topological polar surface area (TPSA) is 35.8 Å². The highest BCUT2D eigenvalue weighted by Crippen LogP contribution is 2.34. The van der Waals surface area contributed by atoms with Gasteiger partial charge in [0, 0.05) is 16.6 Å². The van der Waals surface area contributed by atoms with Crippen molar-refractivity contribution in [3.8, 4) is 6.07 Å². The van der Waals surface area contributed by atoms with Crippen LogP contribution >= 0.6 is 39.1 Å². The van der Waals surface area contributed by atoms with Crippen molar-refractivity contribution in [3.63, 3.8) is 0 Å². The standard InChI is InChI=1S/C14H8BrCl2FN2/c15-10-4-11(16)14(12(17)5-10)20-7-9-2-1-8(6-19)3-13(9)18/h1-5,20H,7H2. The number of hydrogen-bond acceptors (Lipinski definition) is 2. The normalized spacial score (nSPS) is 10.2. The van der Waals surface area contributed by atoms with Gasteiger partial charge in [-0.25, -0.2) is 4.39 Å². The molecular formula is C14H8BrCl2FN2. The molecule has 1 N–H and O–H groups in total. The molecule has 0 saturated heterocycles. The first-order chi connectivity index (χ1) is 9.51. The van der Waals surface area contributed by atoms with Gasteiger partial charge in [-0.05, 0) is 24.3 Å². The highest BCUT2D eigenvalue weighted by Gasteiger charge is 2.09. The minimum atomic E-state index is -0.444. The van der Waals surface area contributed by atoms with E-state index in [0.29, 0.717) is 21.3 Å². The fourth-order valence-electron chi connectivity index (χ4n) is 1.65. The summed E-state index contributed by atoms with van der Waals surface area (Å²) in [6.07, 6.45) is 0. The van der Waals surface area contributed by atoms with Crippen LogP contribution in [0.4, 0.5) is 10.1 Å². The second kappa shape index (κ2) is 6.45. The van der Waals surface area contributed by atoms with Crippen LogP contribution in [0.5, 0.6) is 0 Å². The first-order valence-corrected chi connectivity index (χ1v) is 7.13. The lowest BCUT2D eigenvalue weighted by Gasteiger charge is -2.11. The van der Waals surface area contributed by atoms with Crippen LogP contribution in [0.2, 0.25) is 10.0 Å². The van der Waals surface area contributed by atoms with E-state index in [-0.39, 0.29) is 12.1 Å². The molecule has 0 aromatic heterocycles. The van der Waals surface area contributed by atoms with Crippen LogP contribution in [-0.4, -0.2) is 0 Å². The Bertz CT molecular complexity index is 675. The summed E-state index contributed by atoms with van der Waals surface area (Å²) in [7, 11) is 0. The number of halogens is 4. The van der Waals surface area contributed by atoms with Crippen LogP contribution < -0.4 is 5.32 Å². The van der Waals surface area contributed by atoms with Gasteiger partial charge in [0.2, 0.25) is 0 Å². The van der Waals surface area contributed by atoms with E-state index in [0.717, 1.165) is 4.47 Å². The van der Waals surface area contributed by atoms with E-state index in [1.165, 1.54) is 6.07 Å². The molecule has 0 bridgehead atoms. The molecule has 0 atom stereocenters. The third-order valence-corrected chi connectivity index (χ3v) is 3.70. The minimum absolute atomic E-state index is 0.221. The molecule has 0 aliphatic carbocycles. The summed E-state index contributed by atoms with van der Waals surface area (Å²) >= 11 is 15.4. The van der Waals surface area contributed by atoms with E-state index in [1.807, 2.05) is 6.07 Å². The molecule has 0 fully saturated rings. The quantitative estimate of drug-likeness (QED) is 0.783. The van der Waals surface area contributed by atoms with Crippen molar-refractivity contribution in [2.75, 3.05) is 5.32 Å². The third-order valence-electron chi connectivity index (χ3n) is 2.64. The molecule has 20 heavy (non-hydrogen) atoms. The maximum Gasteiger partial charge on any atom is 0.129 e. The van der Waals surface area contributed by atoms with Crippen LogP contribution in [0.25, 0.3) is 0 Å². The Balaban J connectivity index is 2.20. The Morgan fingerprint density at radius 2 is 1.85 bits per heavy atom. The summed E-state index contributed by atoms with van der Waals surface area (Å²) in [5.41, 5.74) is 1.25. The van der Waals surface area contributed by atoms with Gasteiger partial charge in [0.1, 0.15) is 5.82 Å². The number of benzene rings is 2. The van der Waals surface area contributed by atoms with Crippen molar-refractivity contribution in [3.05, 3.63) is 61.8 Å². The third kappa shape index (κ3) is 3.43. The second-order valence-corrected chi connectivity index (χ2v) is 5.75. The fraction of sp³-hybridized carbons (Fsp3) is 0.0714. The molecule has 2 aromatic rings. The first-order valence-electron chi connectivity index (χ1n) is 5.58. The summed E-state index contributed by atoms with van der Waals surface area (Å²) in [6.45, 7) is 0.221. The Morgan fingerprint density at radius 3 is 2.40 bits per heavy atom. The average Bonchev–Trinajstić information content (AvgIpc) is 2.39. The van der Waals surface area contributed by atoms with Gasteiger partial charge in [0.25, 0.3) is 0 Å².